The maximum absolute atomic E-state index is 14.4. The second-order valence-corrected chi connectivity index (χ2v) is 11.7. The van der Waals surface area contributed by atoms with Gasteiger partial charge in [0.05, 0.1) is 23.0 Å². The first-order valence-corrected chi connectivity index (χ1v) is 13.9. The minimum absolute atomic E-state index is 0.0485. The lowest BCUT2D eigenvalue weighted by Crippen LogP contribution is -2.41. The number of pyridine rings is 1. The number of aryl methyl sites for hydroxylation is 1. The van der Waals surface area contributed by atoms with Gasteiger partial charge in [0.25, 0.3) is 5.56 Å². The number of nitrogens with zero attached hydrogens (tertiary/aromatic N) is 3. The normalized spacial score (nSPS) is 17.9. The lowest BCUT2D eigenvalue weighted by molar-refractivity contribution is 0.112. The lowest BCUT2D eigenvalue weighted by Gasteiger charge is -2.31. The molecule has 4 heterocycles. The summed E-state index contributed by atoms with van der Waals surface area (Å²) in [4.78, 5) is 30.7. The van der Waals surface area contributed by atoms with Gasteiger partial charge in [-0.15, -0.1) is 11.3 Å². The summed E-state index contributed by atoms with van der Waals surface area (Å²) in [7, 11) is 0. The van der Waals surface area contributed by atoms with Crippen molar-refractivity contribution < 1.29 is 9.13 Å². The number of fused-ring (bicyclic) bond motifs is 1. The van der Waals surface area contributed by atoms with Crippen LogP contribution < -0.4 is 21.3 Å². The van der Waals surface area contributed by atoms with Gasteiger partial charge in [-0.25, -0.2) is 4.79 Å². The molecule has 1 aromatic carbocycles. The van der Waals surface area contributed by atoms with Crippen LogP contribution in [0.15, 0.2) is 46.2 Å². The van der Waals surface area contributed by atoms with E-state index < -0.39 is 17.1 Å². The fourth-order valence-electron chi connectivity index (χ4n) is 4.93. The number of rotatable bonds is 6. The molecule has 1 aliphatic heterocycles. The van der Waals surface area contributed by atoms with E-state index in [1.54, 1.807) is 20.0 Å². The van der Waals surface area contributed by atoms with E-state index in [1.165, 1.54) is 15.9 Å². The first-order chi connectivity index (χ1) is 18.1. The SMILES string of the molecule is Cc1cc(Cl)cc(-c2ccnc3cc(Cn4c(=O)c(F)cn(C(C)C)c4=O)sc23)c1O[C@@H]1CCNC[C@@H]1C. The molecule has 1 N–H and O–H groups in total. The summed E-state index contributed by atoms with van der Waals surface area (Å²) in [5, 5.41) is 4.01. The van der Waals surface area contributed by atoms with Crippen LogP contribution in [0, 0.1) is 18.7 Å². The number of halogens is 2. The van der Waals surface area contributed by atoms with E-state index >= 15 is 0 Å². The quantitative estimate of drug-likeness (QED) is 0.344. The van der Waals surface area contributed by atoms with Crippen LogP contribution in [0.4, 0.5) is 4.39 Å². The van der Waals surface area contributed by atoms with Crippen molar-refractivity contribution >= 4 is 33.2 Å². The smallest absolute Gasteiger partial charge is 0.331 e. The molecule has 0 unspecified atom stereocenters. The number of hydrogen-bond donors (Lipinski definition) is 1. The highest BCUT2D eigenvalue weighted by Crippen LogP contribution is 2.42. The Morgan fingerprint density at radius 2 is 2.05 bits per heavy atom. The van der Waals surface area contributed by atoms with Crippen LogP contribution in [0.25, 0.3) is 21.3 Å². The highest BCUT2D eigenvalue weighted by atomic mass is 35.5. The summed E-state index contributed by atoms with van der Waals surface area (Å²) in [6.45, 7) is 9.46. The molecule has 38 heavy (non-hydrogen) atoms. The highest BCUT2D eigenvalue weighted by Gasteiger charge is 2.26. The number of benzene rings is 1. The van der Waals surface area contributed by atoms with Crippen LogP contribution in [0.5, 0.6) is 5.75 Å². The Bertz CT molecular complexity index is 1630. The van der Waals surface area contributed by atoms with Gasteiger partial charge in [-0.05, 0) is 63.6 Å². The molecule has 3 aromatic heterocycles. The van der Waals surface area contributed by atoms with Crippen molar-refractivity contribution in [3.63, 3.8) is 0 Å². The molecule has 4 aromatic rings. The Hall–Kier alpha value is -3.01. The number of thiophene rings is 1. The van der Waals surface area contributed by atoms with Gasteiger partial charge in [-0.2, -0.15) is 4.39 Å². The first kappa shape index (κ1) is 26.6. The van der Waals surface area contributed by atoms with Crippen molar-refractivity contribution in [2.24, 2.45) is 5.92 Å². The Morgan fingerprint density at radius 3 is 2.79 bits per heavy atom. The Balaban J connectivity index is 1.59. The number of piperidine rings is 1. The summed E-state index contributed by atoms with van der Waals surface area (Å²) in [6, 6.07) is 7.29. The van der Waals surface area contributed by atoms with Crippen molar-refractivity contribution in [2.75, 3.05) is 13.1 Å². The van der Waals surface area contributed by atoms with Gasteiger partial charge in [0.2, 0.25) is 5.82 Å². The predicted molar refractivity (Wildman–Crippen MR) is 150 cm³/mol. The number of ether oxygens (including phenoxy) is 1. The maximum Gasteiger partial charge on any atom is 0.331 e. The largest absolute Gasteiger partial charge is 0.489 e. The summed E-state index contributed by atoms with van der Waals surface area (Å²) in [6.07, 6.45) is 3.69. The van der Waals surface area contributed by atoms with Gasteiger partial charge < -0.3 is 10.1 Å². The van der Waals surface area contributed by atoms with Gasteiger partial charge in [-0.1, -0.05) is 18.5 Å². The van der Waals surface area contributed by atoms with E-state index in [-0.39, 0.29) is 18.7 Å². The zero-order valence-electron chi connectivity index (χ0n) is 21.8. The standard InChI is InChI=1S/C28H30ClFN4O3S/c1-15(2)33-14-22(30)27(35)34(28(33)36)13-19-11-23-26(38-19)20(5-8-32-23)21-10-18(29)9-16(3)25(21)37-24-6-7-31-12-17(24)4/h5,8-11,14-15,17,24,31H,6-7,12-13H2,1-4H3/t17-,24+/m0/s1. The first-order valence-electron chi connectivity index (χ1n) is 12.7. The summed E-state index contributed by atoms with van der Waals surface area (Å²) < 4.78 is 24.1. The molecular formula is C28H30ClFN4O3S. The molecule has 1 aliphatic rings. The summed E-state index contributed by atoms with van der Waals surface area (Å²) >= 11 is 7.93. The fraction of sp³-hybridized carbons (Fsp3) is 0.393. The molecule has 0 aliphatic carbocycles. The molecular weight excluding hydrogens is 527 g/mol. The van der Waals surface area contributed by atoms with E-state index in [9.17, 15) is 14.0 Å². The van der Waals surface area contributed by atoms with E-state index in [0.717, 1.165) is 62.9 Å². The van der Waals surface area contributed by atoms with Gasteiger partial charge in [0, 0.05) is 45.7 Å². The number of hydrogen-bond acceptors (Lipinski definition) is 6. The van der Waals surface area contributed by atoms with E-state index in [1.807, 2.05) is 31.2 Å². The lowest BCUT2D eigenvalue weighted by atomic mass is 9.97. The van der Waals surface area contributed by atoms with E-state index in [4.69, 9.17) is 16.3 Å². The molecule has 0 saturated carbocycles. The monoisotopic (exact) mass is 556 g/mol. The Morgan fingerprint density at radius 1 is 1.26 bits per heavy atom. The van der Waals surface area contributed by atoms with E-state index in [2.05, 4.69) is 17.2 Å². The summed E-state index contributed by atoms with van der Waals surface area (Å²) in [5.41, 5.74) is 1.95. The van der Waals surface area contributed by atoms with Gasteiger partial charge in [0.15, 0.2) is 0 Å². The van der Waals surface area contributed by atoms with Crippen LogP contribution in [-0.2, 0) is 6.54 Å². The van der Waals surface area contributed by atoms with Gasteiger partial charge in [-0.3, -0.25) is 18.9 Å². The average molecular weight is 557 g/mol. The van der Waals surface area contributed by atoms with Crippen molar-refractivity contribution in [1.29, 1.82) is 0 Å². The molecule has 5 rings (SSSR count). The second-order valence-electron chi connectivity index (χ2n) is 10.2. The molecule has 10 heteroatoms. The van der Waals surface area contributed by atoms with Crippen LogP contribution in [0.1, 0.15) is 43.7 Å². The average Bonchev–Trinajstić information content (AvgIpc) is 3.29. The molecule has 2 atom stereocenters. The zero-order chi connectivity index (χ0) is 27.1. The summed E-state index contributed by atoms with van der Waals surface area (Å²) in [5.74, 6) is 0.190. The molecule has 0 bridgehead atoms. The second kappa shape index (κ2) is 10.6. The predicted octanol–water partition coefficient (Wildman–Crippen LogP) is 5.39. The van der Waals surface area contributed by atoms with Crippen molar-refractivity contribution in [1.82, 2.24) is 19.4 Å². The molecule has 0 radical (unpaired) electrons. The van der Waals surface area contributed by atoms with Crippen molar-refractivity contribution in [3.8, 4) is 16.9 Å². The molecule has 7 nitrogen and oxygen atoms in total. The topological polar surface area (TPSA) is 78.2 Å². The fourth-order valence-corrected chi connectivity index (χ4v) is 6.34. The Kier molecular flexibility index (Phi) is 7.44. The van der Waals surface area contributed by atoms with Crippen LogP contribution in [0.3, 0.4) is 0 Å². The van der Waals surface area contributed by atoms with Crippen molar-refractivity contribution in [3.05, 3.63) is 78.8 Å². The minimum Gasteiger partial charge on any atom is -0.489 e. The maximum atomic E-state index is 14.4. The van der Waals surface area contributed by atoms with Crippen LogP contribution in [-0.4, -0.2) is 33.3 Å². The minimum atomic E-state index is -0.957. The third kappa shape index (κ3) is 5.02. The molecule has 1 fully saturated rings. The third-order valence-electron chi connectivity index (χ3n) is 6.99. The number of aromatic nitrogens is 3. The van der Waals surface area contributed by atoms with Gasteiger partial charge >= 0.3 is 5.69 Å². The molecule has 0 spiro atoms. The molecule has 1 saturated heterocycles. The highest BCUT2D eigenvalue weighted by molar-refractivity contribution is 7.19. The van der Waals surface area contributed by atoms with Crippen LogP contribution >= 0.6 is 22.9 Å². The molecule has 200 valence electrons. The van der Waals surface area contributed by atoms with Gasteiger partial charge in [0.1, 0.15) is 11.9 Å². The van der Waals surface area contributed by atoms with Crippen molar-refractivity contribution in [2.45, 2.75) is 52.8 Å². The van der Waals surface area contributed by atoms with Crippen LogP contribution in [0.2, 0.25) is 5.02 Å². The van der Waals surface area contributed by atoms with E-state index in [0.29, 0.717) is 15.8 Å². The Labute approximate surface area is 228 Å². The molecule has 0 amide bonds. The third-order valence-corrected chi connectivity index (χ3v) is 8.35. The number of nitrogens with one attached hydrogen (secondary N) is 1. The zero-order valence-corrected chi connectivity index (χ0v) is 23.3.